The molecular weight excluding hydrogens is 332 g/mol. The molecule has 2 nitrogen and oxygen atoms in total. The molecule has 0 aliphatic rings. The molecule has 0 atom stereocenters. The van der Waals surface area contributed by atoms with Gasteiger partial charge in [-0.2, -0.15) is 0 Å². The smallest absolute Gasteiger partial charge is 0.122 e. The highest BCUT2D eigenvalue weighted by molar-refractivity contribution is 5.46. The lowest BCUT2D eigenvalue weighted by atomic mass is 9.84. The molecule has 0 amide bonds. The van der Waals surface area contributed by atoms with Crippen molar-refractivity contribution in [3.05, 3.63) is 23.3 Å². The van der Waals surface area contributed by atoms with Crippen molar-refractivity contribution in [2.75, 3.05) is 0 Å². The van der Waals surface area contributed by atoms with Crippen LogP contribution in [-0.2, 0) is 12.8 Å². The summed E-state index contributed by atoms with van der Waals surface area (Å²) in [6, 6.07) is 3.48. The summed E-state index contributed by atoms with van der Waals surface area (Å²) >= 11 is 0. The lowest BCUT2D eigenvalue weighted by molar-refractivity contribution is 0.307. The van der Waals surface area contributed by atoms with E-state index in [1.807, 2.05) is 0 Å². The van der Waals surface area contributed by atoms with Crippen LogP contribution < -0.4 is 0 Å². The molecule has 0 radical (unpaired) electrons. The molecule has 156 valence electrons. The number of benzene rings is 1. The SMILES string of the molecule is CCC(C)(C)CCCCCCc1cc(O)cc(CCCCC(C)(C)C)c1O. The lowest BCUT2D eigenvalue weighted by Crippen LogP contribution is -2.08. The molecule has 0 aromatic heterocycles. The van der Waals surface area contributed by atoms with E-state index in [-0.39, 0.29) is 0 Å². The molecule has 0 saturated carbocycles. The fourth-order valence-corrected chi connectivity index (χ4v) is 3.54. The summed E-state index contributed by atoms with van der Waals surface area (Å²) in [6.07, 6.45) is 12.4. The van der Waals surface area contributed by atoms with Crippen molar-refractivity contribution in [2.45, 2.75) is 112 Å². The first-order valence-corrected chi connectivity index (χ1v) is 11.1. The Balaban J connectivity index is 2.44. The Bertz CT molecular complexity index is 552. The van der Waals surface area contributed by atoms with Gasteiger partial charge in [-0.3, -0.25) is 0 Å². The summed E-state index contributed by atoms with van der Waals surface area (Å²) in [5.74, 6) is 0.703. The lowest BCUT2D eigenvalue weighted by Gasteiger charge is -2.22. The van der Waals surface area contributed by atoms with Crippen LogP contribution in [-0.4, -0.2) is 10.2 Å². The van der Waals surface area contributed by atoms with Gasteiger partial charge in [0.25, 0.3) is 0 Å². The van der Waals surface area contributed by atoms with Crippen LogP contribution in [0, 0.1) is 10.8 Å². The molecule has 0 spiro atoms. The summed E-state index contributed by atoms with van der Waals surface area (Å²) in [4.78, 5) is 0. The number of hydrogen-bond acceptors (Lipinski definition) is 2. The van der Waals surface area contributed by atoms with Gasteiger partial charge in [-0.1, -0.05) is 73.6 Å². The quantitative estimate of drug-likeness (QED) is 0.289. The third-order valence-electron chi connectivity index (χ3n) is 5.88. The van der Waals surface area contributed by atoms with Crippen molar-refractivity contribution in [1.82, 2.24) is 0 Å². The summed E-state index contributed by atoms with van der Waals surface area (Å²) in [5, 5.41) is 20.7. The van der Waals surface area contributed by atoms with Crippen LogP contribution in [0.25, 0.3) is 0 Å². The van der Waals surface area contributed by atoms with E-state index in [4.69, 9.17) is 0 Å². The van der Waals surface area contributed by atoms with Crippen molar-refractivity contribution in [3.63, 3.8) is 0 Å². The van der Waals surface area contributed by atoms with E-state index in [0.29, 0.717) is 22.3 Å². The molecule has 0 saturated heterocycles. The van der Waals surface area contributed by atoms with Gasteiger partial charge >= 0.3 is 0 Å². The number of rotatable bonds is 12. The maximum atomic E-state index is 10.6. The maximum Gasteiger partial charge on any atom is 0.122 e. The Morgan fingerprint density at radius 2 is 1.19 bits per heavy atom. The van der Waals surface area contributed by atoms with Gasteiger partial charge in [0, 0.05) is 0 Å². The average Bonchev–Trinajstić information content (AvgIpc) is 2.57. The Morgan fingerprint density at radius 1 is 0.704 bits per heavy atom. The summed E-state index contributed by atoms with van der Waals surface area (Å²) in [7, 11) is 0. The van der Waals surface area contributed by atoms with E-state index in [0.717, 1.165) is 43.2 Å². The van der Waals surface area contributed by atoms with Crippen molar-refractivity contribution < 1.29 is 10.2 Å². The standard InChI is InChI=1S/C25H44O2/c1-7-25(5,6)17-12-9-8-10-14-20-18-22(26)19-21(23(20)27)15-11-13-16-24(2,3)4/h18-19,26-27H,7-17H2,1-6H3. The van der Waals surface area contributed by atoms with Crippen molar-refractivity contribution in [3.8, 4) is 11.5 Å². The molecule has 0 bridgehead atoms. The third-order valence-corrected chi connectivity index (χ3v) is 5.88. The number of aryl methyl sites for hydroxylation is 2. The van der Waals surface area contributed by atoms with E-state index < -0.39 is 0 Å². The van der Waals surface area contributed by atoms with Crippen LogP contribution in [0.5, 0.6) is 11.5 Å². The Morgan fingerprint density at radius 3 is 1.70 bits per heavy atom. The monoisotopic (exact) mass is 376 g/mol. The maximum absolute atomic E-state index is 10.6. The van der Waals surface area contributed by atoms with Gasteiger partial charge < -0.3 is 10.2 Å². The minimum atomic E-state index is 0.290. The van der Waals surface area contributed by atoms with Crippen LogP contribution in [0.1, 0.15) is 110 Å². The molecule has 1 rings (SSSR count). The number of phenols is 2. The minimum absolute atomic E-state index is 0.290. The van der Waals surface area contributed by atoms with Crippen LogP contribution in [0.15, 0.2) is 12.1 Å². The zero-order chi connectivity index (χ0) is 20.5. The number of phenolic OH excluding ortho intramolecular Hbond substituents is 2. The van der Waals surface area contributed by atoms with E-state index in [9.17, 15) is 10.2 Å². The second-order valence-electron chi connectivity index (χ2n) is 10.3. The molecule has 2 heteroatoms. The predicted octanol–water partition coefficient (Wildman–Crippen LogP) is 7.79. The molecule has 2 N–H and O–H groups in total. The Labute approximate surface area is 168 Å². The Hall–Kier alpha value is -1.18. The van der Waals surface area contributed by atoms with E-state index >= 15 is 0 Å². The van der Waals surface area contributed by atoms with Gasteiger partial charge in [0.15, 0.2) is 0 Å². The highest BCUT2D eigenvalue weighted by atomic mass is 16.3. The van der Waals surface area contributed by atoms with Gasteiger partial charge in [-0.15, -0.1) is 0 Å². The molecular formula is C25H44O2. The Kier molecular flexibility index (Phi) is 9.70. The van der Waals surface area contributed by atoms with Crippen molar-refractivity contribution >= 4 is 0 Å². The van der Waals surface area contributed by atoms with E-state index in [1.165, 1.54) is 38.5 Å². The van der Waals surface area contributed by atoms with E-state index in [1.54, 1.807) is 12.1 Å². The fourth-order valence-electron chi connectivity index (χ4n) is 3.54. The third kappa shape index (κ3) is 10.1. The van der Waals surface area contributed by atoms with Gasteiger partial charge in [-0.05, 0) is 72.6 Å². The minimum Gasteiger partial charge on any atom is -0.508 e. The van der Waals surface area contributed by atoms with Gasteiger partial charge in [0.05, 0.1) is 0 Å². The molecule has 0 aliphatic heterocycles. The first kappa shape index (κ1) is 23.9. The summed E-state index contributed by atoms with van der Waals surface area (Å²) in [5.41, 5.74) is 2.64. The highest BCUT2D eigenvalue weighted by Gasteiger charge is 2.14. The predicted molar refractivity (Wildman–Crippen MR) is 118 cm³/mol. The first-order chi connectivity index (χ1) is 12.5. The zero-order valence-electron chi connectivity index (χ0n) is 18.8. The summed E-state index contributed by atoms with van der Waals surface area (Å²) in [6.45, 7) is 13.8. The van der Waals surface area contributed by atoms with Gasteiger partial charge in [0.1, 0.15) is 11.5 Å². The normalized spacial score (nSPS) is 12.5. The highest BCUT2D eigenvalue weighted by Crippen LogP contribution is 2.32. The fraction of sp³-hybridized carbons (Fsp3) is 0.760. The molecule has 27 heavy (non-hydrogen) atoms. The zero-order valence-corrected chi connectivity index (χ0v) is 18.8. The second kappa shape index (κ2) is 11.0. The number of hydrogen-bond donors (Lipinski definition) is 2. The number of aromatic hydroxyl groups is 2. The van der Waals surface area contributed by atoms with Crippen molar-refractivity contribution in [2.24, 2.45) is 10.8 Å². The molecule has 0 fully saturated rings. The van der Waals surface area contributed by atoms with Crippen LogP contribution in [0.3, 0.4) is 0 Å². The van der Waals surface area contributed by atoms with Crippen LogP contribution in [0.4, 0.5) is 0 Å². The van der Waals surface area contributed by atoms with Gasteiger partial charge in [-0.25, -0.2) is 0 Å². The molecule has 1 aromatic carbocycles. The molecule has 0 aliphatic carbocycles. The second-order valence-corrected chi connectivity index (χ2v) is 10.3. The summed E-state index contributed by atoms with van der Waals surface area (Å²) < 4.78 is 0. The van der Waals surface area contributed by atoms with E-state index in [2.05, 4.69) is 41.5 Å². The van der Waals surface area contributed by atoms with Crippen molar-refractivity contribution in [1.29, 1.82) is 0 Å². The average molecular weight is 377 g/mol. The van der Waals surface area contributed by atoms with Crippen LogP contribution >= 0.6 is 0 Å². The first-order valence-electron chi connectivity index (χ1n) is 11.1. The van der Waals surface area contributed by atoms with Gasteiger partial charge in [0.2, 0.25) is 0 Å². The topological polar surface area (TPSA) is 40.5 Å². The number of unbranched alkanes of at least 4 members (excludes halogenated alkanes) is 4. The molecule has 0 heterocycles. The largest absolute Gasteiger partial charge is 0.508 e. The molecule has 1 aromatic rings. The molecule has 0 unspecified atom stereocenters. The van der Waals surface area contributed by atoms with Crippen LogP contribution in [0.2, 0.25) is 0 Å².